The summed E-state index contributed by atoms with van der Waals surface area (Å²) in [5.74, 6) is 0.251. The number of methoxy groups -OCH3 is 1. The maximum atomic E-state index is 12.2. The molecule has 0 spiro atoms. The molecule has 0 saturated heterocycles. The van der Waals surface area contributed by atoms with E-state index < -0.39 is 0 Å². The van der Waals surface area contributed by atoms with E-state index in [9.17, 15) is 9.90 Å². The van der Waals surface area contributed by atoms with Crippen molar-refractivity contribution in [3.63, 3.8) is 0 Å². The molecule has 3 N–H and O–H groups in total. The molecule has 0 aliphatic carbocycles. The Bertz CT molecular complexity index is 698. The number of carbonyl (C=O) groups is 1. The number of hydrogen-bond donors (Lipinski definition) is 3. The van der Waals surface area contributed by atoms with E-state index in [0.29, 0.717) is 17.0 Å². The average Bonchev–Trinajstić information content (AvgIpc) is 2.96. The topological polar surface area (TPSA) is 70.6 Å². The summed E-state index contributed by atoms with van der Waals surface area (Å²) in [5, 5.41) is 15.8. The fourth-order valence-corrected chi connectivity index (χ4v) is 2.37. The smallest absolute Gasteiger partial charge is 0.255 e. The lowest BCUT2D eigenvalue weighted by Gasteiger charge is -2.09. The number of phenols is 1. The van der Waals surface area contributed by atoms with Gasteiger partial charge in [-0.3, -0.25) is 4.79 Å². The molecular weight excluding hydrogens is 268 g/mol. The first-order valence-electron chi connectivity index (χ1n) is 6.72. The first kappa shape index (κ1) is 13.3. The predicted octanol–water partition coefficient (Wildman–Crippen LogP) is 2.62. The molecule has 1 aliphatic rings. The van der Waals surface area contributed by atoms with Crippen molar-refractivity contribution in [2.75, 3.05) is 24.3 Å². The molecule has 2 aromatic rings. The fourth-order valence-electron chi connectivity index (χ4n) is 2.37. The van der Waals surface area contributed by atoms with Gasteiger partial charge in [-0.1, -0.05) is 6.07 Å². The van der Waals surface area contributed by atoms with Gasteiger partial charge >= 0.3 is 0 Å². The second kappa shape index (κ2) is 5.36. The molecular formula is C16H16N2O3. The number of anilines is 2. The number of fused-ring (bicyclic) bond motifs is 1. The fraction of sp³-hybridized carbons (Fsp3) is 0.188. The van der Waals surface area contributed by atoms with Gasteiger partial charge in [0.15, 0.2) is 0 Å². The second-order valence-corrected chi connectivity index (χ2v) is 4.89. The molecule has 5 heteroatoms. The van der Waals surface area contributed by atoms with Crippen LogP contribution in [0, 0.1) is 0 Å². The Morgan fingerprint density at radius 3 is 2.90 bits per heavy atom. The minimum absolute atomic E-state index is 0.0259. The van der Waals surface area contributed by atoms with Crippen LogP contribution in [0.1, 0.15) is 15.9 Å². The number of phenolic OH excluding ortho intramolecular Hbond substituents is 1. The monoisotopic (exact) mass is 284 g/mol. The average molecular weight is 284 g/mol. The van der Waals surface area contributed by atoms with Crippen molar-refractivity contribution in [2.24, 2.45) is 0 Å². The van der Waals surface area contributed by atoms with Gasteiger partial charge in [-0.2, -0.15) is 0 Å². The molecule has 5 nitrogen and oxygen atoms in total. The lowest BCUT2D eigenvalue weighted by atomic mass is 10.1. The van der Waals surface area contributed by atoms with Gasteiger partial charge in [0.05, 0.1) is 12.8 Å². The summed E-state index contributed by atoms with van der Waals surface area (Å²) in [7, 11) is 1.52. The van der Waals surface area contributed by atoms with Crippen molar-refractivity contribution in [1.82, 2.24) is 0 Å². The molecule has 0 radical (unpaired) electrons. The molecule has 0 atom stereocenters. The van der Waals surface area contributed by atoms with E-state index in [0.717, 1.165) is 18.7 Å². The number of amides is 1. The molecule has 0 unspecified atom stereocenters. The summed E-state index contributed by atoms with van der Waals surface area (Å²) >= 11 is 0. The van der Waals surface area contributed by atoms with Crippen molar-refractivity contribution in [1.29, 1.82) is 0 Å². The van der Waals surface area contributed by atoms with Gasteiger partial charge in [0.1, 0.15) is 11.5 Å². The summed E-state index contributed by atoms with van der Waals surface area (Å²) < 4.78 is 5.01. The third-order valence-electron chi connectivity index (χ3n) is 3.53. The number of hydrogen-bond acceptors (Lipinski definition) is 4. The number of benzene rings is 2. The zero-order chi connectivity index (χ0) is 14.8. The van der Waals surface area contributed by atoms with E-state index in [1.165, 1.54) is 18.7 Å². The van der Waals surface area contributed by atoms with Gasteiger partial charge in [0.25, 0.3) is 5.91 Å². The summed E-state index contributed by atoms with van der Waals surface area (Å²) in [6.07, 6.45) is 0.983. The van der Waals surface area contributed by atoms with Crippen LogP contribution >= 0.6 is 0 Å². The lowest BCUT2D eigenvalue weighted by Crippen LogP contribution is -2.12. The second-order valence-electron chi connectivity index (χ2n) is 4.89. The van der Waals surface area contributed by atoms with Crippen molar-refractivity contribution in [3.8, 4) is 11.5 Å². The quantitative estimate of drug-likeness (QED) is 0.758. The maximum absolute atomic E-state index is 12.2. The molecule has 21 heavy (non-hydrogen) atoms. The molecule has 0 fully saturated rings. The van der Waals surface area contributed by atoms with E-state index in [1.807, 2.05) is 12.1 Å². The van der Waals surface area contributed by atoms with E-state index in [4.69, 9.17) is 4.74 Å². The third-order valence-corrected chi connectivity index (χ3v) is 3.53. The highest BCUT2D eigenvalue weighted by atomic mass is 16.5. The highest BCUT2D eigenvalue weighted by Crippen LogP contribution is 2.29. The Morgan fingerprint density at radius 2 is 2.14 bits per heavy atom. The van der Waals surface area contributed by atoms with Gasteiger partial charge in [-0.25, -0.2) is 0 Å². The standard InChI is InChI=1S/C16H16N2O3/c1-21-12-4-5-13(15(19)9-12)18-16(20)11-3-2-10-6-7-17-14(10)8-11/h2-5,8-9,17,19H,6-7H2,1H3,(H,18,20). The largest absolute Gasteiger partial charge is 0.506 e. The third kappa shape index (κ3) is 2.63. The van der Waals surface area contributed by atoms with Crippen LogP contribution in [0.25, 0.3) is 0 Å². The molecule has 2 aromatic carbocycles. The van der Waals surface area contributed by atoms with Crippen LogP contribution in [0.2, 0.25) is 0 Å². The Labute approximate surface area is 122 Å². The minimum Gasteiger partial charge on any atom is -0.506 e. The van der Waals surface area contributed by atoms with E-state index in [2.05, 4.69) is 10.6 Å². The predicted molar refractivity (Wildman–Crippen MR) is 81.2 cm³/mol. The summed E-state index contributed by atoms with van der Waals surface area (Å²) in [4.78, 5) is 12.2. The van der Waals surface area contributed by atoms with Crippen molar-refractivity contribution in [2.45, 2.75) is 6.42 Å². The van der Waals surface area contributed by atoms with E-state index >= 15 is 0 Å². The van der Waals surface area contributed by atoms with E-state index in [1.54, 1.807) is 18.2 Å². The van der Waals surface area contributed by atoms with Crippen LogP contribution in [-0.4, -0.2) is 24.7 Å². The molecule has 1 amide bonds. The van der Waals surface area contributed by atoms with Gasteiger partial charge < -0.3 is 20.5 Å². The SMILES string of the molecule is COc1ccc(NC(=O)c2ccc3c(c2)NCC3)c(O)c1. The highest BCUT2D eigenvalue weighted by molar-refractivity contribution is 6.05. The molecule has 0 saturated carbocycles. The Balaban J connectivity index is 1.80. The number of nitrogens with one attached hydrogen (secondary N) is 2. The number of aromatic hydroxyl groups is 1. The number of carbonyl (C=O) groups excluding carboxylic acids is 1. The van der Waals surface area contributed by atoms with Crippen LogP contribution in [-0.2, 0) is 6.42 Å². The summed E-state index contributed by atoms with van der Waals surface area (Å²) in [5.41, 5.74) is 3.13. The summed E-state index contributed by atoms with van der Waals surface area (Å²) in [6.45, 7) is 0.902. The normalized spacial score (nSPS) is 12.4. The molecule has 3 rings (SSSR count). The van der Waals surface area contributed by atoms with Crippen LogP contribution < -0.4 is 15.4 Å². The molecule has 0 bridgehead atoms. The Kier molecular flexibility index (Phi) is 3.39. The van der Waals surface area contributed by atoms with Gasteiger partial charge in [-0.15, -0.1) is 0 Å². The van der Waals surface area contributed by atoms with E-state index in [-0.39, 0.29) is 11.7 Å². The van der Waals surface area contributed by atoms with Gasteiger partial charge in [0, 0.05) is 23.9 Å². The van der Waals surface area contributed by atoms with Crippen LogP contribution in [0.4, 0.5) is 11.4 Å². The van der Waals surface area contributed by atoms with Crippen LogP contribution in [0.15, 0.2) is 36.4 Å². The number of ether oxygens (including phenoxy) is 1. The maximum Gasteiger partial charge on any atom is 0.255 e. The van der Waals surface area contributed by atoms with Crippen molar-refractivity contribution >= 4 is 17.3 Å². The minimum atomic E-state index is -0.257. The van der Waals surface area contributed by atoms with Gasteiger partial charge in [0.2, 0.25) is 0 Å². The lowest BCUT2D eigenvalue weighted by molar-refractivity contribution is 0.102. The zero-order valence-electron chi connectivity index (χ0n) is 11.6. The van der Waals surface area contributed by atoms with Gasteiger partial charge in [-0.05, 0) is 36.2 Å². The van der Waals surface area contributed by atoms with Crippen molar-refractivity contribution < 1.29 is 14.6 Å². The first-order chi connectivity index (χ1) is 10.2. The summed E-state index contributed by atoms with van der Waals surface area (Å²) in [6, 6.07) is 10.3. The Hall–Kier alpha value is -2.69. The van der Waals surface area contributed by atoms with Crippen molar-refractivity contribution in [3.05, 3.63) is 47.5 Å². The highest BCUT2D eigenvalue weighted by Gasteiger charge is 2.14. The van der Waals surface area contributed by atoms with Crippen LogP contribution in [0.3, 0.4) is 0 Å². The zero-order valence-corrected chi connectivity index (χ0v) is 11.6. The molecule has 1 heterocycles. The Morgan fingerprint density at radius 1 is 1.29 bits per heavy atom. The first-order valence-corrected chi connectivity index (χ1v) is 6.72. The van der Waals surface area contributed by atoms with Crippen LogP contribution in [0.5, 0.6) is 11.5 Å². The molecule has 0 aromatic heterocycles. The number of rotatable bonds is 3. The molecule has 1 aliphatic heterocycles. The molecule has 108 valence electrons.